The average molecular weight is 271 g/mol. The standard InChI is InChI=1S/C15H17N3O2/c1-10(14-5-3-4-6-16-14)18-8-13-12(9-19)7-17-11(2)15(13)20/h3-8,10,19-20H,9H2,1-2H3/t10-/m0/s1. The smallest absolute Gasteiger partial charge is 0.145 e. The van der Waals surface area contributed by atoms with Gasteiger partial charge in [-0.2, -0.15) is 0 Å². The minimum absolute atomic E-state index is 0.0496. The van der Waals surface area contributed by atoms with E-state index in [9.17, 15) is 10.2 Å². The van der Waals surface area contributed by atoms with E-state index in [0.29, 0.717) is 16.8 Å². The van der Waals surface area contributed by atoms with Crippen LogP contribution < -0.4 is 0 Å². The number of hydrogen-bond acceptors (Lipinski definition) is 5. The minimum atomic E-state index is -0.194. The lowest BCUT2D eigenvalue weighted by atomic mass is 10.1. The highest BCUT2D eigenvalue weighted by molar-refractivity contribution is 5.85. The summed E-state index contributed by atoms with van der Waals surface area (Å²) >= 11 is 0. The largest absolute Gasteiger partial charge is 0.505 e. The van der Waals surface area contributed by atoms with Crippen LogP contribution in [-0.4, -0.2) is 26.4 Å². The lowest BCUT2D eigenvalue weighted by molar-refractivity contribution is 0.280. The molecule has 0 saturated heterocycles. The Balaban J connectivity index is 2.30. The van der Waals surface area contributed by atoms with Gasteiger partial charge in [0, 0.05) is 29.7 Å². The minimum Gasteiger partial charge on any atom is -0.505 e. The summed E-state index contributed by atoms with van der Waals surface area (Å²) in [5, 5.41) is 19.3. The molecule has 0 saturated carbocycles. The fourth-order valence-corrected chi connectivity index (χ4v) is 1.81. The fourth-order valence-electron chi connectivity index (χ4n) is 1.81. The SMILES string of the molecule is Cc1ncc(CO)c(C=N[C@@H](C)c2ccccn2)c1O. The van der Waals surface area contributed by atoms with Crippen molar-refractivity contribution >= 4 is 6.21 Å². The molecule has 0 amide bonds. The lowest BCUT2D eigenvalue weighted by Gasteiger charge is -2.09. The number of rotatable bonds is 4. The van der Waals surface area contributed by atoms with Crippen LogP contribution in [0.3, 0.4) is 0 Å². The van der Waals surface area contributed by atoms with E-state index in [1.165, 1.54) is 0 Å². The Bertz CT molecular complexity index is 612. The molecule has 2 aromatic rings. The lowest BCUT2D eigenvalue weighted by Crippen LogP contribution is -2.00. The number of aliphatic hydroxyl groups is 1. The third-order valence-corrected chi connectivity index (χ3v) is 3.07. The third-order valence-electron chi connectivity index (χ3n) is 3.07. The van der Waals surface area contributed by atoms with Gasteiger partial charge >= 0.3 is 0 Å². The molecule has 0 aliphatic carbocycles. The van der Waals surface area contributed by atoms with Crippen molar-refractivity contribution in [3.05, 3.63) is 53.1 Å². The zero-order valence-corrected chi connectivity index (χ0v) is 11.5. The molecule has 0 aromatic carbocycles. The summed E-state index contributed by atoms with van der Waals surface area (Å²) in [6.07, 6.45) is 4.82. The van der Waals surface area contributed by atoms with Gasteiger partial charge in [-0.1, -0.05) is 6.07 Å². The molecular formula is C15H17N3O2. The quantitative estimate of drug-likeness (QED) is 0.835. The molecule has 0 aliphatic heterocycles. The fraction of sp³-hybridized carbons (Fsp3) is 0.267. The Morgan fingerprint density at radius 2 is 2.15 bits per heavy atom. The Kier molecular flexibility index (Phi) is 4.42. The second-order valence-corrected chi connectivity index (χ2v) is 4.50. The molecule has 1 atom stereocenters. The first-order chi connectivity index (χ1) is 9.63. The molecule has 0 aliphatic rings. The Labute approximate surface area is 117 Å². The van der Waals surface area contributed by atoms with Crippen LogP contribution >= 0.6 is 0 Å². The van der Waals surface area contributed by atoms with E-state index < -0.39 is 0 Å². The molecule has 2 rings (SSSR count). The van der Waals surface area contributed by atoms with Gasteiger partial charge in [-0.15, -0.1) is 0 Å². The van der Waals surface area contributed by atoms with E-state index in [1.54, 1.807) is 25.5 Å². The van der Waals surface area contributed by atoms with Crippen LogP contribution in [0.4, 0.5) is 0 Å². The molecule has 0 unspecified atom stereocenters. The van der Waals surface area contributed by atoms with Crippen molar-refractivity contribution < 1.29 is 10.2 Å². The predicted molar refractivity (Wildman–Crippen MR) is 76.8 cm³/mol. The summed E-state index contributed by atoms with van der Waals surface area (Å²) in [6, 6.07) is 5.52. The van der Waals surface area contributed by atoms with Crippen molar-refractivity contribution in [2.24, 2.45) is 4.99 Å². The molecule has 20 heavy (non-hydrogen) atoms. The van der Waals surface area contributed by atoms with Gasteiger partial charge in [-0.3, -0.25) is 15.0 Å². The summed E-state index contributed by atoms with van der Waals surface area (Å²) < 4.78 is 0. The van der Waals surface area contributed by atoms with Crippen LogP contribution in [0.25, 0.3) is 0 Å². The van der Waals surface area contributed by atoms with E-state index in [-0.39, 0.29) is 18.4 Å². The van der Waals surface area contributed by atoms with Gasteiger partial charge in [0.25, 0.3) is 0 Å². The first kappa shape index (κ1) is 14.1. The molecule has 5 heteroatoms. The van der Waals surface area contributed by atoms with Gasteiger partial charge < -0.3 is 10.2 Å². The number of aromatic hydroxyl groups is 1. The zero-order chi connectivity index (χ0) is 14.5. The Morgan fingerprint density at radius 1 is 1.35 bits per heavy atom. The maximum absolute atomic E-state index is 10.0. The van der Waals surface area contributed by atoms with Crippen molar-refractivity contribution in [1.29, 1.82) is 0 Å². The molecule has 2 aromatic heterocycles. The van der Waals surface area contributed by atoms with Gasteiger partial charge in [0.05, 0.1) is 24.0 Å². The number of nitrogens with zero attached hydrogens (tertiary/aromatic N) is 3. The summed E-state index contributed by atoms with van der Waals surface area (Å²) in [4.78, 5) is 12.6. The third kappa shape index (κ3) is 3.00. The summed E-state index contributed by atoms with van der Waals surface area (Å²) in [5.41, 5.74) is 2.40. The van der Waals surface area contributed by atoms with Gasteiger partial charge in [-0.25, -0.2) is 0 Å². The number of aromatic nitrogens is 2. The van der Waals surface area contributed by atoms with E-state index in [4.69, 9.17) is 0 Å². The van der Waals surface area contributed by atoms with Crippen LogP contribution in [0.5, 0.6) is 5.75 Å². The van der Waals surface area contributed by atoms with E-state index in [0.717, 1.165) is 5.69 Å². The second kappa shape index (κ2) is 6.25. The summed E-state index contributed by atoms with van der Waals surface area (Å²) in [6.45, 7) is 3.43. The van der Waals surface area contributed by atoms with Crippen LogP contribution in [0, 0.1) is 6.92 Å². The van der Waals surface area contributed by atoms with Gasteiger partial charge in [0.1, 0.15) is 5.75 Å². The monoisotopic (exact) mass is 271 g/mol. The molecule has 0 radical (unpaired) electrons. The molecule has 0 fully saturated rings. The number of aliphatic imine (C=N–C) groups is 1. The predicted octanol–water partition coefficient (Wildman–Crippen LogP) is 2.16. The highest BCUT2D eigenvalue weighted by Crippen LogP contribution is 2.23. The molecule has 104 valence electrons. The van der Waals surface area contributed by atoms with Crippen LogP contribution in [0.1, 0.15) is 35.5 Å². The van der Waals surface area contributed by atoms with Crippen molar-refractivity contribution in [3.8, 4) is 5.75 Å². The number of aryl methyl sites for hydroxylation is 1. The van der Waals surface area contributed by atoms with E-state index in [2.05, 4.69) is 15.0 Å². The van der Waals surface area contributed by atoms with Gasteiger partial charge in [0.2, 0.25) is 0 Å². The van der Waals surface area contributed by atoms with Crippen LogP contribution in [0.2, 0.25) is 0 Å². The second-order valence-electron chi connectivity index (χ2n) is 4.50. The number of hydrogen-bond donors (Lipinski definition) is 2. The highest BCUT2D eigenvalue weighted by Gasteiger charge is 2.10. The summed E-state index contributed by atoms with van der Waals surface area (Å²) in [7, 11) is 0. The van der Waals surface area contributed by atoms with Gasteiger partial charge in [-0.05, 0) is 26.0 Å². The van der Waals surface area contributed by atoms with E-state index in [1.807, 2.05) is 25.1 Å². The summed E-state index contributed by atoms with van der Waals surface area (Å²) in [5.74, 6) is 0.0496. The topological polar surface area (TPSA) is 78.6 Å². The number of aliphatic hydroxyl groups excluding tert-OH is 1. The molecule has 5 nitrogen and oxygen atoms in total. The van der Waals surface area contributed by atoms with E-state index >= 15 is 0 Å². The van der Waals surface area contributed by atoms with Crippen molar-refractivity contribution in [3.63, 3.8) is 0 Å². The molecule has 0 bridgehead atoms. The Morgan fingerprint density at radius 3 is 2.80 bits per heavy atom. The highest BCUT2D eigenvalue weighted by atomic mass is 16.3. The zero-order valence-electron chi connectivity index (χ0n) is 11.5. The molecule has 2 N–H and O–H groups in total. The normalized spacial score (nSPS) is 12.8. The van der Waals surface area contributed by atoms with Crippen molar-refractivity contribution in [1.82, 2.24) is 9.97 Å². The molecular weight excluding hydrogens is 254 g/mol. The first-order valence-corrected chi connectivity index (χ1v) is 6.36. The maximum atomic E-state index is 10.0. The van der Waals surface area contributed by atoms with Crippen LogP contribution in [0.15, 0.2) is 35.6 Å². The molecule has 2 heterocycles. The van der Waals surface area contributed by atoms with Crippen molar-refractivity contribution in [2.45, 2.75) is 26.5 Å². The first-order valence-electron chi connectivity index (χ1n) is 6.36. The Hall–Kier alpha value is -2.27. The van der Waals surface area contributed by atoms with Crippen LogP contribution in [-0.2, 0) is 6.61 Å². The number of pyridine rings is 2. The average Bonchev–Trinajstić information content (AvgIpc) is 2.49. The maximum Gasteiger partial charge on any atom is 0.145 e. The molecule has 0 spiro atoms. The van der Waals surface area contributed by atoms with Gasteiger partial charge in [0.15, 0.2) is 0 Å². The van der Waals surface area contributed by atoms with Crippen molar-refractivity contribution in [2.75, 3.05) is 0 Å².